The van der Waals surface area contributed by atoms with Gasteiger partial charge in [-0.1, -0.05) is 6.07 Å². The smallest absolute Gasteiger partial charge is 0.0597 e. The molecule has 0 spiro atoms. The largest absolute Gasteiger partial charge is 0.397 e. The van der Waals surface area contributed by atoms with Crippen molar-refractivity contribution < 1.29 is 5.11 Å². The molecule has 3 N–H and O–H groups in total. The first kappa shape index (κ1) is 12.8. The number of nitrogens with zero attached hydrogens (tertiary/aromatic N) is 1. The number of aliphatic hydroxyl groups is 1. The van der Waals surface area contributed by atoms with Crippen molar-refractivity contribution in [3.05, 3.63) is 23.8 Å². The summed E-state index contributed by atoms with van der Waals surface area (Å²) < 4.78 is 0. The van der Waals surface area contributed by atoms with Crippen molar-refractivity contribution in [1.29, 1.82) is 0 Å². The maximum atomic E-state index is 8.69. The molecule has 0 aliphatic heterocycles. The van der Waals surface area contributed by atoms with Gasteiger partial charge in [0.25, 0.3) is 0 Å². The molecule has 0 aromatic heterocycles. The van der Waals surface area contributed by atoms with Gasteiger partial charge in [0.2, 0.25) is 0 Å². The van der Waals surface area contributed by atoms with Gasteiger partial charge in [0, 0.05) is 20.2 Å². The molecule has 0 radical (unpaired) electrons. The van der Waals surface area contributed by atoms with E-state index >= 15 is 0 Å². The molecular formula is C13H22N2O. The number of rotatable bonds is 6. The van der Waals surface area contributed by atoms with Gasteiger partial charge in [-0.25, -0.2) is 0 Å². The highest BCUT2D eigenvalue weighted by Crippen LogP contribution is 2.23. The van der Waals surface area contributed by atoms with Crippen molar-refractivity contribution in [3.8, 4) is 0 Å². The van der Waals surface area contributed by atoms with E-state index in [0.29, 0.717) is 0 Å². The lowest BCUT2D eigenvalue weighted by Gasteiger charge is -2.21. The maximum Gasteiger partial charge on any atom is 0.0597 e. The average molecular weight is 222 g/mol. The number of nitrogens with two attached hydrogens (primary N) is 1. The molecule has 0 aliphatic carbocycles. The Balaban J connectivity index is 2.49. The van der Waals surface area contributed by atoms with Crippen LogP contribution in [0.1, 0.15) is 24.8 Å². The second-order valence-electron chi connectivity index (χ2n) is 4.27. The predicted octanol–water partition coefficient (Wildman–Crippen LogP) is 2.18. The Hall–Kier alpha value is -1.22. The van der Waals surface area contributed by atoms with Crippen molar-refractivity contribution in [2.45, 2.75) is 26.2 Å². The van der Waals surface area contributed by atoms with E-state index in [2.05, 4.69) is 24.1 Å². The topological polar surface area (TPSA) is 49.5 Å². The Labute approximate surface area is 97.9 Å². The molecule has 0 saturated heterocycles. The summed E-state index contributed by atoms with van der Waals surface area (Å²) in [6.07, 6.45) is 3.04. The monoisotopic (exact) mass is 222 g/mol. The van der Waals surface area contributed by atoms with Crippen LogP contribution in [0.4, 0.5) is 11.4 Å². The second-order valence-corrected chi connectivity index (χ2v) is 4.27. The maximum absolute atomic E-state index is 8.69. The summed E-state index contributed by atoms with van der Waals surface area (Å²) in [6.45, 7) is 3.31. The third-order valence-electron chi connectivity index (χ3n) is 2.75. The van der Waals surface area contributed by atoms with Crippen LogP contribution in [-0.2, 0) is 0 Å². The molecule has 3 heteroatoms. The minimum Gasteiger partial charge on any atom is -0.397 e. The molecule has 0 aliphatic rings. The molecule has 0 unspecified atom stereocenters. The van der Waals surface area contributed by atoms with Crippen LogP contribution >= 0.6 is 0 Å². The molecule has 1 aromatic carbocycles. The number of hydrogen-bond donors (Lipinski definition) is 2. The molecule has 3 nitrogen and oxygen atoms in total. The fourth-order valence-electron chi connectivity index (χ4n) is 1.78. The van der Waals surface area contributed by atoms with E-state index < -0.39 is 0 Å². The summed E-state index contributed by atoms with van der Waals surface area (Å²) in [6, 6.07) is 6.15. The van der Waals surface area contributed by atoms with Crippen molar-refractivity contribution >= 4 is 11.4 Å². The van der Waals surface area contributed by atoms with Crippen LogP contribution < -0.4 is 10.6 Å². The first-order chi connectivity index (χ1) is 7.65. The van der Waals surface area contributed by atoms with Crippen LogP contribution in [0.3, 0.4) is 0 Å². The molecule has 0 saturated carbocycles. The van der Waals surface area contributed by atoms with E-state index in [-0.39, 0.29) is 6.61 Å². The van der Waals surface area contributed by atoms with E-state index in [1.807, 2.05) is 13.0 Å². The first-order valence-electron chi connectivity index (χ1n) is 5.83. The summed E-state index contributed by atoms with van der Waals surface area (Å²) in [5.41, 5.74) is 9.09. The number of aliphatic hydroxyl groups excluding tert-OH is 1. The zero-order valence-corrected chi connectivity index (χ0v) is 10.2. The van der Waals surface area contributed by atoms with Gasteiger partial charge in [-0.2, -0.15) is 0 Å². The van der Waals surface area contributed by atoms with Gasteiger partial charge in [0.15, 0.2) is 0 Å². The predicted molar refractivity (Wildman–Crippen MR) is 69.8 cm³/mol. The van der Waals surface area contributed by atoms with E-state index in [0.717, 1.165) is 37.2 Å². The van der Waals surface area contributed by atoms with Crippen LogP contribution in [-0.4, -0.2) is 25.3 Å². The lowest BCUT2D eigenvalue weighted by molar-refractivity contribution is 0.283. The molecule has 16 heavy (non-hydrogen) atoms. The van der Waals surface area contributed by atoms with Crippen LogP contribution in [0.15, 0.2) is 18.2 Å². The van der Waals surface area contributed by atoms with Crippen molar-refractivity contribution in [1.82, 2.24) is 0 Å². The SMILES string of the molecule is Cc1ccc(N(C)CCCCCO)c(N)c1. The van der Waals surface area contributed by atoms with Crippen molar-refractivity contribution in [3.63, 3.8) is 0 Å². The summed E-state index contributed by atoms with van der Waals surface area (Å²) in [4.78, 5) is 2.17. The summed E-state index contributed by atoms with van der Waals surface area (Å²) in [5, 5.41) is 8.69. The van der Waals surface area contributed by atoms with E-state index in [4.69, 9.17) is 10.8 Å². The van der Waals surface area contributed by atoms with Crippen LogP contribution in [0.2, 0.25) is 0 Å². The van der Waals surface area contributed by atoms with Crippen molar-refractivity contribution in [2.24, 2.45) is 0 Å². The quantitative estimate of drug-likeness (QED) is 0.573. The molecule has 90 valence electrons. The summed E-state index contributed by atoms with van der Waals surface area (Å²) >= 11 is 0. The first-order valence-corrected chi connectivity index (χ1v) is 5.83. The van der Waals surface area contributed by atoms with Crippen LogP contribution in [0.25, 0.3) is 0 Å². The Kier molecular flexibility index (Phi) is 5.12. The Morgan fingerprint density at radius 2 is 2.00 bits per heavy atom. The zero-order valence-electron chi connectivity index (χ0n) is 10.2. The molecule has 0 fully saturated rings. The Bertz CT molecular complexity index is 326. The number of unbranched alkanes of at least 4 members (excludes halogenated alkanes) is 2. The molecule has 0 bridgehead atoms. The molecule has 0 heterocycles. The Morgan fingerprint density at radius 1 is 1.25 bits per heavy atom. The zero-order chi connectivity index (χ0) is 12.0. The minimum absolute atomic E-state index is 0.288. The molecule has 1 aromatic rings. The second kappa shape index (κ2) is 6.38. The normalized spacial score (nSPS) is 10.4. The minimum atomic E-state index is 0.288. The average Bonchev–Trinajstić information content (AvgIpc) is 2.24. The number of hydrogen-bond acceptors (Lipinski definition) is 3. The van der Waals surface area contributed by atoms with Crippen LogP contribution in [0.5, 0.6) is 0 Å². The Morgan fingerprint density at radius 3 is 2.62 bits per heavy atom. The lowest BCUT2D eigenvalue weighted by atomic mass is 10.1. The highest BCUT2D eigenvalue weighted by Gasteiger charge is 2.04. The van der Waals surface area contributed by atoms with E-state index in [1.165, 1.54) is 5.56 Å². The van der Waals surface area contributed by atoms with Gasteiger partial charge in [0.1, 0.15) is 0 Å². The van der Waals surface area contributed by atoms with Gasteiger partial charge < -0.3 is 15.7 Å². The number of aryl methyl sites for hydroxylation is 1. The summed E-state index contributed by atoms with van der Waals surface area (Å²) in [7, 11) is 2.06. The molecule has 0 amide bonds. The van der Waals surface area contributed by atoms with Crippen LogP contribution in [0, 0.1) is 6.92 Å². The summed E-state index contributed by atoms with van der Waals surface area (Å²) in [5.74, 6) is 0. The van der Waals surface area contributed by atoms with E-state index in [1.54, 1.807) is 0 Å². The highest BCUT2D eigenvalue weighted by molar-refractivity contribution is 5.68. The standard InChI is InChI=1S/C13H22N2O/c1-11-6-7-13(12(14)10-11)15(2)8-4-3-5-9-16/h6-7,10,16H,3-5,8-9,14H2,1-2H3. The van der Waals surface area contributed by atoms with Gasteiger partial charge >= 0.3 is 0 Å². The van der Waals surface area contributed by atoms with Gasteiger partial charge in [-0.05, 0) is 43.9 Å². The number of nitrogen functional groups attached to an aromatic ring is 1. The number of anilines is 2. The van der Waals surface area contributed by atoms with Gasteiger partial charge in [-0.15, -0.1) is 0 Å². The highest BCUT2D eigenvalue weighted by atomic mass is 16.2. The third-order valence-corrected chi connectivity index (χ3v) is 2.75. The molecule has 1 rings (SSSR count). The molecule has 0 atom stereocenters. The molecular weight excluding hydrogens is 200 g/mol. The van der Waals surface area contributed by atoms with Gasteiger partial charge in [-0.3, -0.25) is 0 Å². The van der Waals surface area contributed by atoms with E-state index in [9.17, 15) is 0 Å². The third kappa shape index (κ3) is 3.74. The lowest BCUT2D eigenvalue weighted by Crippen LogP contribution is -2.19. The van der Waals surface area contributed by atoms with Crippen molar-refractivity contribution in [2.75, 3.05) is 30.8 Å². The number of benzene rings is 1. The fourth-order valence-corrected chi connectivity index (χ4v) is 1.78. The fraction of sp³-hybridized carbons (Fsp3) is 0.538. The van der Waals surface area contributed by atoms with Gasteiger partial charge in [0.05, 0.1) is 11.4 Å².